The van der Waals surface area contributed by atoms with Gasteiger partial charge >= 0.3 is 0 Å². The van der Waals surface area contributed by atoms with Crippen LogP contribution < -0.4 is 9.47 Å². The van der Waals surface area contributed by atoms with Crippen molar-refractivity contribution in [3.63, 3.8) is 0 Å². The van der Waals surface area contributed by atoms with E-state index in [1.807, 2.05) is 29.2 Å². The van der Waals surface area contributed by atoms with Gasteiger partial charge in [-0.05, 0) is 37.1 Å². The lowest BCUT2D eigenvalue weighted by atomic mass is 10.1. The van der Waals surface area contributed by atoms with Crippen LogP contribution in [0.25, 0.3) is 16.3 Å². The molecule has 0 N–H and O–H groups in total. The van der Waals surface area contributed by atoms with Gasteiger partial charge in [-0.25, -0.2) is 0 Å². The number of aromatic nitrogens is 1. The van der Waals surface area contributed by atoms with Crippen LogP contribution in [0.5, 0.6) is 0 Å². The Morgan fingerprint density at radius 3 is 2.76 bits per heavy atom. The Bertz CT molecular complexity index is 1010. The maximum absolute atomic E-state index is 3.95. The zero-order valence-electron chi connectivity index (χ0n) is 14.7. The van der Waals surface area contributed by atoms with E-state index in [-0.39, 0.29) is 0 Å². The molecule has 1 aliphatic rings. The van der Waals surface area contributed by atoms with Crippen molar-refractivity contribution in [3.8, 4) is 0 Å². The number of benzene rings is 2. The summed E-state index contributed by atoms with van der Waals surface area (Å²) in [5, 5.41) is 2.53. The molecule has 25 heavy (non-hydrogen) atoms. The van der Waals surface area contributed by atoms with Crippen LogP contribution in [0.15, 0.2) is 59.0 Å². The van der Waals surface area contributed by atoms with E-state index < -0.39 is 0 Å². The minimum absolute atomic E-state index is 0.823. The van der Waals surface area contributed by atoms with Crippen LogP contribution in [0, 0.1) is 13.8 Å². The van der Waals surface area contributed by atoms with Gasteiger partial charge in [0.1, 0.15) is 11.7 Å². The largest absolute Gasteiger partial charge is 0.331 e. The number of thioether (sulfide) groups is 1. The number of aryl methyl sites for hydroxylation is 3. The fourth-order valence-electron chi connectivity index (χ4n) is 3.32. The molecule has 0 amide bonds. The normalized spacial score (nSPS) is 15.2. The monoisotopic (exact) mass is 365 g/mol. The summed E-state index contributed by atoms with van der Waals surface area (Å²) in [5.41, 5.74) is 5.23. The molecule has 0 fully saturated rings. The lowest BCUT2D eigenvalue weighted by molar-refractivity contribution is -0.642. The van der Waals surface area contributed by atoms with E-state index in [1.165, 1.54) is 42.0 Å². The van der Waals surface area contributed by atoms with E-state index in [0.717, 1.165) is 6.54 Å². The summed E-state index contributed by atoms with van der Waals surface area (Å²) in [6.45, 7) is 9.14. The van der Waals surface area contributed by atoms with Gasteiger partial charge in [-0.1, -0.05) is 47.4 Å². The van der Waals surface area contributed by atoms with Crippen LogP contribution in [-0.2, 0) is 7.05 Å². The number of hydrogen-bond donors (Lipinski definition) is 0. The molecule has 1 aliphatic heterocycles. The molecule has 4 rings (SSSR count). The van der Waals surface area contributed by atoms with Crippen LogP contribution >= 0.6 is 23.1 Å². The molecular formula is C21H21N2S2+. The van der Waals surface area contributed by atoms with E-state index in [4.69, 9.17) is 0 Å². The van der Waals surface area contributed by atoms with E-state index in [9.17, 15) is 0 Å². The van der Waals surface area contributed by atoms with Crippen molar-refractivity contribution < 1.29 is 4.57 Å². The Hall–Kier alpha value is -2.04. The molecule has 2 heterocycles. The van der Waals surface area contributed by atoms with Crippen LogP contribution in [0.4, 0.5) is 5.69 Å². The number of nitrogens with zero attached hydrogens (tertiary/aromatic N) is 2. The molecule has 0 saturated carbocycles. The molecule has 3 aromatic rings. The second kappa shape index (κ2) is 6.36. The second-order valence-corrected chi connectivity index (χ2v) is 8.47. The maximum Gasteiger partial charge on any atom is 0.265 e. The first kappa shape index (κ1) is 16.4. The zero-order chi connectivity index (χ0) is 17.6. The molecule has 1 aromatic heterocycles. The van der Waals surface area contributed by atoms with Crippen molar-refractivity contribution in [1.29, 1.82) is 0 Å². The van der Waals surface area contributed by atoms with E-state index in [2.05, 4.69) is 79.4 Å². The Morgan fingerprint density at radius 2 is 2.00 bits per heavy atom. The summed E-state index contributed by atoms with van der Waals surface area (Å²) in [7, 11) is 2.14. The number of hydrogen-bond acceptors (Lipinski definition) is 3. The van der Waals surface area contributed by atoms with Gasteiger partial charge in [-0.15, -0.1) is 6.58 Å². The van der Waals surface area contributed by atoms with Crippen molar-refractivity contribution >= 4 is 45.1 Å². The van der Waals surface area contributed by atoms with E-state index in [1.54, 1.807) is 0 Å². The average molecular weight is 366 g/mol. The summed E-state index contributed by atoms with van der Waals surface area (Å²) >= 11 is 3.70. The fourth-order valence-corrected chi connectivity index (χ4v) is 5.64. The van der Waals surface area contributed by atoms with Crippen molar-refractivity contribution in [3.05, 3.63) is 70.2 Å². The highest BCUT2D eigenvalue weighted by Gasteiger charge is 2.28. The zero-order valence-corrected chi connectivity index (χ0v) is 16.4. The van der Waals surface area contributed by atoms with Crippen molar-refractivity contribution in [1.82, 2.24) is 0 Å². The third-order valence-electron chi connectivity index (χ3n) is 4.49. The molecule has 0 unspecified atom stereocenters. The first-order chi connectivity index (χ1) is 12.1. The highest BCUT2D eigenvalue weighted by Crippen LogP contribution is 2.48. The smallest absolute Gasteiger partial charge is 0.265 e. The predicted molar refractivity (Wildman–Crippen MR) is 110 cm³/mol. The molecule has 0 bridgehead atoms. The molecule has 126 valence electrons. The summed E-state index contributed by atoms with van der Waals surface area (Å²) in [4.78, 5) is 3.74. The third kappa shape index (κ3) is 2.79. The van der Waals surface area contributed by atoms with Crippen LogP contribution in [0.1, 0.15) is 16.1 Å². The Kier molecular flexibility index (Phi) is 4.18. The number of fused-ring (bicyclic) bond motifs is 2. The SMILES string of the molecule is C=CCN1/C(=C/c2sc3ccccc3[n+]2C)Sc2c(C)cc(C)cc21. The quantitative estimate of drug-likeness (QED) is 0.451. The molecule has 0 radical (unpaired) electrons. The number of anilines is 1. The molecule has 0 aliphatic carbocycles. The third-order valence-corrected chi connectivity index (χ3v) is 6.94. The molecule has 4 heteroatoms. The van der Waals surface area contributed by atoms with Gasteiger partial charge in [0.15, 0.2) is 0 Å². The van der Waals surface area contributed by atoms with E-state index in [0.29, 0.717) is 0 Å². The predicted octanol–water partition coefficient (Wildman–Crippen LogP) is 5.44. The summed E-state index contributed by atoms with van der Waals surface area (Å²) in [6, 6.07) is 13.1. The standard InChI is InChI=1S/C21H21N2S2/c1-5-10-23-17-12-14(2)11-15(3)21(17)25-20(23)13-19-22(4)16-8-6-7-9-18(16)24-19/h5-9,11-13H,1,10H2,2-4H3/q+1. The average Bonchev–Trinajstić information content (AvgIpc) is 3.08. The lowest BCUT2D eigenvalue weighted by Gasteiger charge is -2.18. The maximum atomic E-state index is 3.95. The van der Waals surface area contributed by atoms with Crippen molar-refractivity contribution in [2.75, 3.05) is 11.4 Å². The Morgan fingerprint density at radius 1 is 1.20 bits per heavy atom. The molecule has 2 aromatic carbocycles. The van der Waals surface area contributed by atoms with Crippen LogP contribution in [0.3, 0.4) is 0 Å². The van der Waals surface area contributed by atoms with Gasteiger partial charge in [0.2, 0.25) is 5.52 Å². The lowest BCUT2D eigenvalue weighted by Crippen LogP contribution is -2.29. The molecule has 0 saturated heterocycles. The van der Waals surface area contributed by atoms with Gasteiger partial charge in [0.25, 0.3) is 5.01 Å². The first-order valence-corrected chi connectivity index (χ1v) is 9.98. The summed E-state index contributed by atoms with van der Waals surface area (Å²) < 4.78 is 3.60. The minimum atomic E-state index is 0.823. The highest BCUT2D eigenvalue weighted by atomic mass is 32.2. The molecule has 0 atom stereocenters. The van der Waals surface area contributed by atoms with Gasteiger partial charge in [-0.3, -0.25) is 0 Å². The van der Waals surface area contributed by atoms with Crippen molar-refractivity contribution in [2.45, 2.75) is 18.7 Å². The van der Waals surface area contributed by atoms with E-state index >= 15 is 0 Å². The molecule has 0 spiro atoms. The Labute approximate surface area is 157 Å². The summed E-state index contributed by atoms with van der Waals surface area (Å²) in [6.07, 6.45) is 4.29. The van der Waals surface area contributed by atoms with Gasteiger partial charge < -0.3 is 4.90 Å². The minimum Gasteiger partial charge on any atom is -0.331 e. The van der Waals surface area contributed by atoms with Crippen molar-refractivity contribution in [2.24, 2.45) is 7.05 Å². The Balaban J connectivity index is 1.83. The fraction of sp³-hybridized carbons (Fsp3) is 0.190. The molecule has 2 nitrogen and oxygen atoms in total. The highest BCUT2D eigenvalue weighted by molar-refractivity contribution is 8.04. The first-order valence-electron chi connectivity index (χ1n) is 8.35. The van der Waals surface area contributed by atoms with Crippen LogP contribution in [-0.4, -0.2) is 6.54 Å². The number of rotatable bonds is 3. The topological polar surface area (TPSA) is 7.12 Å². The number of thiazole rings is 1. The van der Waals surface area contributed by atoms with Gasteiger partial charge in [0.05, 0.1) is 16.8 Å². The second-order valence-electron chi connectivity index (χ2n) is 6.38. The molecular weight excluding hydrogens is 344 g/mol. The van der Waals surface area contributed by atoms with Gasteiger partial charge in [-0.2, -0.15) is 4.57 Å². The number of para-hydroxylation sites is 1. The van der Waals surface area contributed by atoms with Crippen LogP contribution in [0.2, 0.25) is 0 Å². The summed E-state index contributed by atoms with van der Waals surface area (Å²) in [5.74, 6) is 0. The van der Waals surface area contributed by atoms with Gasteiger partial charge in [0, 0.05) is 17.5 Å².